The molecule has 2 heterocycles. The van der Waals surface area contributed by atoms with Crippen molar-refractivity contribution in [3.8, 4) is 17.2 Å². The Bertz CT molecular complexity index is 1420. The lowest BCUT2D eigenvalue weighted by Crippen LogP contribution is -2.24. The fourth-order valence-electron chi connectivity index (χ4n) is 4.53. The molecule has 0 spiro atoms. The van der Waals surface area contributed by atoms with Crippen LogP contribution in [0.1, 0.15) is 23.9 Å². The quantitative estimate of drug-likeness (QED) is 0.354. The highest BCUT2D eigenvalue weighted by molar-refractivity contribution is 6.24. The summed E-state index contributed by atoms with van der Waals surface area (Å²) < 4.78 is 31.1. The number of carbonyl (C=O) groups is 2. The van der Waals surface area contributed by atoms with Crippen LogP contribution in [0.25, 0.3) is 11.8 Å². The zero-order valence-corrected chi connectivity index (χ0v) is 21.0. The van der Waals surface area contributed by atoms with E-state index in [2.05, 4.69) is 0 Å². The van der Waals surface area contributed by atoms with Gasteiger partial charge in [-0.3, -0.25) is 9.69 Å². The van der Waals surface area contributed by atoms with E-state index >= 15 is 0 Å². The Labute approximate surface area is 209 Å². The molecule has 1 aliphatic rings. The van der Waals surface area contributed by atoms with Crippen LogP contribution in [0.2, 0.25) is 0 Å². The molecule has 186 valence electrons. The van der Waals surface area contributed by atoms with Gasteiger partial charge in [0.15, 0.2) is 11.5 Å². The van der Waals surface area contributed by atoms with Gasteiger partial charge < -0.3 is 18.8 Å². The van der Waals surface area contributed by atoms with Crippen molar-refractivity contribution >= 4 is 23.6 Å². The number of allylic oxidation sites excluding steroid dienone is 1. The molecule has 2 aromatic carbocycles. The molecule has 0 radical (unpaired) electrons. The summed E-state index contributed by atoms with van der Waals surface area (Å²) in [7, 11) is 4.32. The van der Waals surface area contributed by atoms with Crippen molar-refractivity contribution in [2.45, 2.75) is 20.8 Å². The summed E-state index contributed by atoms with van der Waals surface area (Å²) in [6.07, 6.45) is 1.70. The summed E-state index contributed by atoms with van der Waals surface area (Å²) in [6.45, 7) is 5.53. The standard InChI is InChI=1S/C28H27FN2O5/c1-16-13-19(17(2)30(16)21-9-7-20(29)8-10-21)14-23-26(28(33)36-6)18(3)31(27(23)32)22-11-12-24(34-4)25(15-22)35-5/h7-15H,1-6H3/b23-14-. The smallest absolute Gasteiger partial charge is 0.340 e. The van der Waals surface area contributed by atoms with E-state index in [-0.39, 0.29) is 22.9 Å². The molecule has 1 amide bonds. The molecule has 0 bridgehead atoms. The number of halogens is 1. The maximum Gasteiger partial charge on any atom is 0.340 e. The molecule has 0 saturated carbocycles. The van der Waals surface area contributed by atoms with Gasteiger partial charge in [-0.15, -0.1) is 0 Å². The maximum absolute atomic E-state index is 13.7. The van der Waals surface area contributed by atoms with E-state index in [1.165, 1.54) is 38.4 Å². The molecule has 4 rings (SSSR count). The Balaban J connectivity index is 1.84. The van der Waals surface area contributed by atoms with Gasteiger partial charge in [-0.25, -0.2) is 9.18 Å². The number of hydrogen-bond donors (Lipinski definition) is 0. The van der Waals surface area contributed by atoms with Crippen LogP contribution in [0.4, 0.5) is 10.1 Å². The SMILES string of the molecule is COC(=O)C1=C(C)N(c2ccc(OC)c(OC)c2)C(=O)/C1=C\c1cc(C)n(-c2ccc(F)cc2)c1C. The summed E-state index contributed by atoms with van der Waals surface area (Å²) in [6, 6.07) is 13.2. The highest BCUT2D eigenvalue weighted by Gasteiger charge is 2.38. The van der Waals surface area contributed by atoms with Crippen LogP contribution in [-0.2, 0) is 14.3 Å². The number of aryl methyl sites for hydroxylation is 1. The molecule has 0 atom stereocenters. The first-order chi connectivity index (χ1) is 17.2. The molecule has 0 fully saturated rings. The molecule has 0 aliphatic carbocycles. The third-order valence-electron chi connectivity index (χ3n) is 6.27. The van der Waals surface area contributed by atoms with Gasteiger partial charge in [0.1, 0.15) is 5.82 Å². The maximum atomic E-state index is 13.7. The van der Waals surface area contributed by atoms with E-state index < -0.39 is 5.97 Å². The molecular weight excluding hydrogens is 463 g/mol. The van der Waals surface area contributed by atoms with Gasteiger partial charge in [0.2, 0.25) is 0 Å². The molecule has 0 N–H and O–H groups in total. The molecule has 7 nitrogen and oxygen atoms in total. The van der Waals surface area contributed by atoms with E-state index in [1.54, 1.807) is 43.3 Å². The number of amides is 1. The van der Waals surface area contributed by atoms with Gasteiger partial charge in [0.25, 0.3) is 5.91 Å². The molecular formula is C28H27FN2O5. The van der Waals surface area contributed by atoms with Crippen molar-refractivity contribution in [2.75, 3.05) is 26.2 Å². The topological polar surface area (TPSA) is 70.0 Å². The fourth-order valence-corrected chi connectivity index (χ4v) is 4.53. The van der Waals surface area contributed by atoms with Gasteiger partial charge in [-0.05, 0) is 74.9 Å². The first-order valence-corrected chi connectivity index (χ1v) is 11.2. The lowest BCUT2D eigenvalue weighted by molar-refractivity contribution is -0.136. The minimum absolute atomic E-state index is 0.184. The predicted octanol–water partition coefficient (Wildman–Crippen LogP) is 5.13. The van der Waals surface area contributed by atoms with Crippen LogP contribution in [0.3, 0.4) is 0 Å². The summed E-state index contributed by atoms with van der Waals surface area (Å²) >= 11 is 0. The zero-order chi connectivity index (χ0) is 26.1. The first kappa shape index (κ1) is 24.8. The molecule has 8 heteroatoms. The average molecular weight is 491 g/mol. The second-order valence-electron chi connectivity index (χ2n) is 8.33. The van der Waals surface area contributed by atoms with Gasteiger partial charge in [-0.2, -0.15) is 0 Å². The zero-order valence-electron chi connectivity index (χ0n) is 21.0. The second kappa shape index (κ2) is 9.73. The Morgan fingerprint density at radius 2 is 1.53 bits per heavy atom. The lowest BCUT2D eigenvalue weighted by Gasteiger charge is -2.19. The number of esters is 1. The summed E-state index contributed by atoms with van der Waals surface area (Å²) in [5, 5.41) is 0. The number of rotatable bonds is 6. The first-order valence-electron chi connectivity index (χ1n) is 11.2. The summed E-state index contributed by atoms with van der Waals surface area (Å²) in [4.78, 5) is 28.0. The largest absolute Gasteiger partial charge is 0.493 e. The van der Waals surface area contributed by atoms with Crippen molar-refractivity contribution in [1.82, 2.24) is 4.57 Å². The van der Waals surface area contributed by atoms with Gasteiger partial charge in [0, 0.05) is 28.8 Å². The average Bonchev–Trinajstić information content (AvgIpc) is 3.29. The molecule has 0 unspecified atom stereocenters. The molecule has 1 aromatic heterocycles. The second-order valence-corrected chi connectivity index (χ2v) is 8.33. The lowest BCUT2D eigenvalue weighted by atomic mass is 10.0. The Morgan fingerprint density at radius 3 is 2.14 bits per heavy atom. The number of methoxy groups -OCH3 is 3. The fraction of sp³-hybridized carbons (Fsp3) is 0.214. The number of anilines is 1. The molecule has 0 saturated heterocycles. The highest BCUT2D eigenvalue weighted by Crippen LogP contribution is 2.39. The van der Waals surface area contributed by atoms with Crippen LogP contribution in [0.5, 0.6) is 11.5 Å². The van der Waals surface area contributed by atoms with Crippen LogP contribution < -0.4 is 14.4 Å². The van der Waals surface area contributed by atoms with E-state index in [4.69, 9.17) is 14.2 Å². The van der Waals surface area contributed by atoms with Crippen molar-refractivity contribution in [2.24, 2.45) is 0 Å². The van der Waals surface area contributed by atoms with Crippen molar-refractivity contribution in [1.29, 1.82) is 0 Å². The minimum atomic E-state index is -0.609. The normalized spacial score (nSPS) is 14.6. The highest BCUT2D eigenvalue weighted by atomic mass is 19.1. The van der Waals surface area contributed by atoms with Crippen molar-refractivity contribution in [3.05, 3.63) is 88.1 Å². The number of aromatic nitrogens is 1. The summed E-state index contributed by atoms with van der Waals surface area (Å²) in [5.74, 6) is -0.324. The van der Waals surface area contributed by atoms with Crippen LogP contribution in [0, 0.1) is 19.7 Å². The molecule has 1 aliphatic heterocycles. The third-order valence-corrected chi connectivity index (χ3v) is 6.27. The Morgan fingerprint density at radius 1 is 0.889 bits per heavy atom. The third kappa shape index (κ3) is 4.15. The molecule has 36 heavy (non-hydrogen) atoms. The van der Waals surface area contributed by atoms with Crippen molar-refractivity contribution in [3.63, 3.8) is 0 Å². The number of hydrogen-bond acceptors (Lipinski definition) is 5. The van der Waals surface area contributed by atoms with Crippen LogP contribution >= 0.6 is 0 Å². The van der Waals surface area contributed by atoms with Crippen LogP contribution in [-0.4, -0.2) is 37.8 Å². The van der Waals surface area contributed by atoms with E-state index in [9.17, 15) is 14.0 Å². The van der Waals surface area contributed by atoms with E-state index in [0.29, 0.717) is 22.9 Å². The Kier molecular flexibility index (Phi) is 6.70. The van der Waals surface area contributed by atoms with Gasteiger partial charge in [0.05, 0.1) is 38.2 Å². The Hall–Kier alpha value is -4.33. The summed E-state index contributed by atoms with van der Waals surface area (Å²) in [5.41, 5.74) is 4.65. The minimum Gasteiger partial charge on any atom is -0.493 e. The molecule has 3 aromatic rings. The van der Waals surface area contributed by atoms with Crippen molar-refractivity contribution < 1.29 is 28.2 Å². The van der Waals surface area contributed by atoms with E-state index in [1.807, 2.05) is 24.5 Å². The number of ether oxygens (including phenoxy) is 3. The predicted molar refractivity (Wildman–Crippen MR) is 135 cm³/mol. The number of carbonyl (C=O) groups excluding carboxylic acids is 2. The van der Waals surface area contributed by atoms with Gasteiger partial charge in [-0.1, -0.05) is 0 Å². The number of nitrogens with zero attached hydrogens (tertiary/aromatic N) is 2. The van der Waals surface area contributed by atoms with Crippen LogP contribution in [0.15, 0.2) is 65.4 Å². The monoisotopic (exact) mass is 490 g/mol. The van der Waals surface area contributed by atoms with E-state index in [0.717, 1.165) is 22.6 Å². The van der Waals surface area contributed by atoms with Gasteiger partial charge >= 0.3 is 5.97 Å². The number of benzene rings is 2.